The monoisotopic (exact) mass is 415 g/mol. The molecule has 156 valence electrons. The van der Waals surface area contributed by atoms with Crippen molar-refractivity contribution in [1.29, 1.82) is 0 Å². The van der Waals surface area contributed by atoms with Gasteiger partial charge < -0.3 is 4.90 Å². The Morgan fingerprint density at radius 1 is 1.13 bits per heavy atom. The van der Waals surface area contributed by atoms with Gasteiger partial charge in [-0.2, -0.15) is 5.10 Å². The van der Waals surface area contributed by atoms with E-state index < -0.39 is 4.92 Å². The molecule has 4 aromatic rings. The van der Waals surface area contributed by atoms with E-state index in [1.807, 2.05) is 37.3 Å². The molecule has 2 aromatic carbocycles. The van der Waals surface area contributed by atoms with Crippen molar-refractivity contribution < 1.29 is 9.72 Å². The molecule has 0 N–H and O–H groups in total. The Hall–Kier alpha value is -4.07. The van der Waals surface area contributed by atoms with Crippen LogP contribution in [0.3, 0.4) is 0 Å². The highest BCUT2D eigenvalue weighted by Crippen LogP contribution is 2.28. The van der Waals surface area contributed by atoms with E-state index in [0.29, 0.717) is 33.5 Å². The first-order valence-electron chi connectivity index (χ1n) is 9.74. The number of nitro groups is 1. The Labute approximate surface area is 178 Å². The second-order valence-electron chi connectivity index (χ2n) is 7.38. The zero-order valence-electron chi connectivity index (χ0n) is 17.4. The van der Waals surface area contributed by atoms with Crippen LogP contribution >= 0.6 is 0 Å². The van der Waals surface area contributed by atoms with Crippen molar-refractivity contribution in [3.8, 4) is 11.3 Å². The summed E-state index contributed by atoms with van der Waals surface area (Å²) in [5.41, 5.74) is 3.80. The van der Waals surface area contributed by atoms with Crippen LogP contribution in [0.25, 0.3) is 22.3 Å². The van der Waals surface area contributed by atoms with E-state index in [2.05, 4.69) is 5.10 Å². The smallest absolute Gasteiger partial charge is 0.274 e. The number of benzene rings is 2. The molecule has 31 heavy (non-hydrogen) atoms. The third-order valence-corrected chi connectivity index (χ3v) is 5.21. The summed E-state index contributed by atoms with van der Waals surface area (Å²) < 4.78 is 1.66. The minimum Gasteiger partial charge on any atom is -0.337 e. The first kappa shape index (κ1) is 20.2. The van der Waals surface area contributed by atoms with Crippen LogP contribution in [-0.2, 0) is 13.6 Å². The Kier molecular flexibility index (Phi) is 5.21. The first-order chi connectivity index (χ1) is 14.9. The van der Waals surface area contributed by atoms with Crippen LogP contribution in [0.15, 0.2) is 60.7 Å². The molecule has 4 rings (SSSR count). The number of para-hydroxylation sites is 1. The molecule has 0 atom stereocenters. The van der Waals surface area contributed by atoms with Gasteiger partial charge in [-0.1, -0.05) is 48.5 Å². The number of carbonyl (C=O) groups excluding carboxylic acids is 1. The number of aromatic nitrogens is 3. The molecule has 0 spiro atoms. The van der Waals surface area contributed by atoms with Gasteiger partial charge in [-0.3, -0.25) is 19.6 Å². The summed E-state index contributed by atoms with van der Waals surface area (Å²) in [4.78, 5) is 30.6. The Bertz CT molecular complexity index is 1300. The number of nitro benzene ring substituents is 1. The van der Waals surface area contributed by atoms with E-state index >= 15 is 0 Å². The molecule has 1 amide bonds. The molecule has 0 radical (unpaired) electrons. The van der Waals surface area contributed by atoms with E-state index in [9.17, 15) is 14.9 Å². The lowest BCUT2D eigenvalue weighted by Crippen LogP contribution is -2.27. The summed E-state index contributed by atoms with van der Waals surface area (Å²) in [5.74, 6) is -0.251. The van der Waals surface area contributed by atoms with Gasteiger partial charge in [0.2, 0.25) is 0 Å². The molecule has 0 fully saturated rings. The summed E-state index contributed by atoms with van der Waals surface area (Å²) >= 11 is 0. The molecule has 0 unspecified atom stereocenters. The lowest BCUT2D eigenvalue weighted by molar-refractivity contribution is -0.385. The molecule has 8 nitrogen and oxygen atoms in total. The average molecular weight is 415 g/mol. The SMILES string of the molecule is Cc1nn(C)c2nc(-c3ccccc3)cc(C(=O)N(C)Cc3ccccc3[N+](=O)[O-])c12. The van der Waals surface area contributed by atoms with E-state index in [1.165, 1.54) is 11.0 Å². The normalized spacial score (nSPS) is 10.9. The molecule has 0 saturated heterocycles. The summed E-state index contributed by atoms with van der Waals surface area (Å²) in [6.07, 6.45) is 0. The lowest BCUT2D eigenvalue weighted by atomic mass is 10.0. The fourth-order valence-corrected chi connectivity index (χ4v) is 3.73. The quantitative estimate of drug-likeness (QED) is 0.361. The third kappa shape index (κ3) is 3.75. The van der Waals surface area contributed by atoms with E-state index in [1.54, 1.807) is 43.0 Å². The molecular formula is C23H21N5O3. The molecule has 8 heteroatoms. The lowest BCUT2D eigenvalue weighted by Gasteiger charge is -2.18. The molecule has 0 aliphatic heterocycles. The second-order valence-corrected chi connectivity index (χ2v) is 7.38. The molecule has 0 saturated carbocycles. The number of nitrogens with zero attached hydrogens (tertiary/aromatic N) is 5. The number of rotatable bonds is 5. The van der Waals surface area contributed by atoms with E-state index in [-0.39, 0.29) is 18.1 Å². The first-order valence-corrected chi connectivity index (χ1v) is 9.74. The van der Waals surface area contributed by atoms with Crippen LogP contribution in [0, 0.1) is 17.0 Å². The van der Waals surface area contributed by atoms with E-state index in [4.69, 9.17) is 4.98 Å². The Balaban J connectivity index is 1.79. The van der Waals surface area contributed by atoms with Gasteiger partial charge in [0.1, 0.15) is 0 Å². The molecule has 0 aliphatic rings. The number of hydrogen-bond acceptors (Lipinski definition) is 5. The standard InChI is InChI=1S/C23H21N5O3/c1-15-21-18(23(29)26(2)14-17-11-7-8-12-20(17)28(30)31)13-19(16-9-5-4-6-10-16)24-22(21)27(3)25-15/h4-13H,14H2,1-3H3. The maximum absolute atomic E-state index is 13.5. The van der Waals surface area contributed by atoms with Crippen molar-refractivity contribution in [3.05, 3.63) is 87.6 Å². The predicted molar refractivity (Wildman–Crippen MR) is 118 cm³/mol. The highest BCUT2D eigenvalue weighted by Gasteiger charge is 2.23. The van der Waals surface area contributed by atoms with E-state index in [0.717, 1.165) is 5.56 Å². The number of aryl methyl sites for hydroxylation is 2. The van der Waals surface area contributed by atoms with Crippen LogP contribution < -0.4 is 0 Å². The van der Waals surface area contributed by atoms with Gasteiger partial charge in [-0.15, -0.1) is 0 Å². The van der Waals surface area contributed by atoms with Gasteiger partial charge in [-0.25, -0.2) is 4.98 Å². The maximum atomic E-state index is 13.5. The van der Waals surface area contributed by atoms with Crippen LogP contribution in [-0.4, -0.2) is 37.5 Å². The van der Waals surface area contributed by atoms with Crippen molar-refractivity contribution in [2.24, 2.45) is 7.05 Å². The van der Waals surface area contributed by atoms with Crippen LogP contribution in [0.5, 0.6) is 0 Å². The van der Waals surface area contributed by atoms with Crippen molar-refractivity contribution in [2.75, 3.05) is 7.05 Å². The average Bonchev–Trinajstić information content (AvgIpc) is 3.07. The van der Waals surface area contributed by atoms with Gasteiger partial charge in [0.05, 0.1) is 33.8 Å². The Morgan fingerprint density at radius 2 is 1.81 bits per heavy atom. The predicted octanol–water partition coefficient (Wildman–Crippen LogP) is 4.12. The summed E-state index contributed by atoms with van der Waals surface area (Å²) in [6, 6.07) is 17.8. The van der Waals surface area contributed by atoms with Crippen LogP contribution in [0.1, 0.15) is 21.6 Å². The number of amides is 1. The van der Waals surface area contributed by atoms with Gasteiger partial charge in [0.15, 0.2) is 5.65 Å². The van der Waals surface area contributed by atoms with Gasteiger partial charge in [0, 0.05) is 31.3 Å². The highest BCUT2D eigenvalue weighted by molar-refractivity contribution is 6.07. The maximum Gasteiger partial charge on any atom is 0.274 e. The van der Waals surface area contributed by atoms with Crippen molar-refractivity contribution in [3.63, 3.8) is 0 Å². The summed E-state index contributed by atoms with van der Waals surface area (Å²) in [5, 5.41) is 16.5. The number of pyridine rings is 1. The summed E-state index contributed by atoms with van der Waals surface area (Å²) in [7, 11) is 3.43. The Morgan fingerprint density at radius 3 is 2.52 bits per heavy atom. The second kappa shape index (κ2) is 7.98. The zero-order valence-corrected chi connectivity index (χ0v) is 17.4. The largest absolute Gasteiger partial charge is 0.337 e. The number of hydrogen-bond donors (Lipinski definition) is 0. The topological polar surface area (TPSA) is 94.2 Å². The number of fused-ring (bicyclic) bond motifs is 1. The van der Waals surface area contributed by atoms with Gasteiger partial charge in [0.25, 0.3) is 11.6 Å². The van der Waals surface area contributed by atoms with Crippen molar-refractivity contribution in [1.82, 2.24) is 19.7 Å². The van der Waals surface area contributed by atoms with Crippen LogP contribution in [0.2, 0.25) is 0 Å². The molecule has 0 bridgehead atoms. The molecule has 0 aliphatic carbocycles. The van der Waals surface area contributed by atoms with Crippen molar-refractivity contribution in [2.45, 2.75) is 13.5 Å². The fourth-order valence-electron chi connectivity index (χ4n) is 3.73. The fraction of sp³-hybridized carbons (Fsp3) is 0.174. The minimum atomic E-state index is -0.433. The molecular weight excluding hydrogens is 394 g/mol. The highest BCUT2D eigenvalue weighted by atomic mass is 16.6. The summed E-state index contributed by atoms with van der Waals surface area (Å²) in [6.45, 7) is 1.95. The minimum absolute atomic E-state index is 0.00967. The van der Waals surface area contributed by atoms with Gasteiger partial charge in [-0.05, 0) is 13.0 Å². The molecule has 2 heterocycles. The third-order valence-electron chi connectivity index (χ3n) is 5.21. The molecule has 2 aromatic heterocycles. The zero-order chi connectivity index (χ0) is 22.1. The van der Waals surface area contributed by atoms with Gasteiger partial charge >= 0.3 is 0 Å². The number of carbonyl (C=O) groups is 1. The van der Waals surface area contributed by atoms with Crippen LogP contribution in [0.4, 0.5) is 5.69 Å². The van der Waals surface area contributed by atoms with Crippen molar-refractivity contribution >= 4 is 22.6 Å².